The summed E-state index contributed by atoms with van der Waals surface area (Å²) in [4.78, 5) is 33.3. The normalized spacial score (nSPS) is 14.0. The molecule has 0 N–H and O–H groups in total. The molecule has 4 aromatic rings. The van der Waals surface area contributed by atoms with Gasteiger partial charge in [0, 0.05) is 60.5 Å². The largest absolute Gasteiger partial charge is 0.339 e. The maximum absolute atomic E-state index is 13.3. The minimum absolute atomic E-state index is 0.0364. The van der Waals surface area contributed by atoms with Crippen molar-refractivity contribution >= 4 is 40.7 Å². The number of piperazine rings is 1. The van der Waals surface area contributed by atoms with Crippen molar-refractivity contribution < 1.29 is 9.59 Å². The quantitative estimate of drug-likeness (QED) is 0.390. The summed E-state index contributed by atoms with van der Waals surface area (Å²) in [6.07, 6.45) is 1.84. The summed E-state index contributed by atoms with van der Waals surface area (Å²) in [6.45, 7) is 3.68. The summed E-state index contributed by atoms with van der Waals surface area (Å²) in [5.41, 5.74) is 4.81. The zero-order valence-electron chi connectivity index (χ0n) is 18.5. The highest BCUT2D eigenvalue weighted by molar-refractivity contribution is 6.31. The topological polar surface area (TPSA) is 57.9 Å². The molecule has 0 unspecified atom stereocenters. The number of amides is 2. The fourth-order valence-electron chi connectivity index (χ4n) is 4.27. The van der Waals surface area contributed by atoms with Crippen LogP contribution in [0, 0.1) is 0 Å². The van der Waals surface area contributed by atoms with Crippen LogP contribution >= 0.6 is 23.2 Å². The third-order valence-electron chi connectivity index (χ3n) is 6.11. The number of carbonyl (C=O) groups excluding carboxylic acids is 2. The van der Waals surface area contributed by atoms with Gasteiger partial charge < -0.3 is 9.80 Å². The highest BCUT2D eigenvalue weighted by atomic mass is 35.5. The lowest BCUT2D eigenvalue weighted by molar-refractivity contribution is -0.130. The van der Waals surface area contributed by atoms with Gasteiger partial charge in [-0.1, -0.05) is 47.5 Å². The molecule has 1 aliphatic rings. The predicted molar refractivity (Wildman–Crippen MR) is 134 cm³/mol. The molecule has 1 aliphatic heterocycles. The zero-order valence-corrected chi connectivity index (χ0v) is 20.1. The van der Waals surface area contributed by atoms with Gasteiger partial charge >= 0.3 is 0 Å². The Morgan fingerprint density at radius 3 is 1.91 bits per heavy atom. The maximum Gasteiger partial charge on any atom is 0.255 e. The SMILES string of the molecule is CC(=O)N1CCN(C(=O)c2ccc3nc(-c4ccc(Cl)cc4)c(-c4ccc(Cl)cc4)n3c2)CC1. The molecule has 0 atom stereocenters. The van der Waals surface area contributed by atoms with E-state index in [1.165, 1.54) is 0 Å². The molecular weight excluding hydrogens is 471 g/mol. The molecule has 2 amide bonds. The van der Waals surface area contributed by atoms with Crippen LogP contribution in [0.4, 0.5) is 0 Å². The van der Waals surface area contributed by atoms with Crippen LogP contribution in [0.2, 0.25) is 10.0 Å². The van der Waals surface area contributed by atoms with E-state index in [1.807, 2.05) is 65.2 Å². The highest BCUT2D eigenvalue weighted by Crippen LogP contribution is 2.34. The molecule has 1 saturated heterocycles. The molecule has 2 aromatic carbocycles. The van der Waals surface area contributed by atoms with Gasteiger partial charge in [0.2, 0.25) is 5.91 Å². The average molecular weight is 493 g/mol. The first-order chi connectivity index (χ1) is 16.4. The van der Waals surface area contributed by atoms with Gasteiger partial charge in [-0.05, 0) is 36.4 Å². The van der Waals surface area contributed by atoms with Gasteiger partial charge in [0.25, 0.3) is 5.91 Å². The van der Waals surface area contributed by atoms with Crippen molar-refractivity contribution in [1.29, 1.82) is 0 Å². The third-order valence-corrected chi connectivity index (χ3v) is 6.62. The Kier molecular flexibility index (Phi) is 6.02. The Bertz CT molecular complexity index is 1370. The third kappa shape index (κ3) is 4.27. The van der Waals surface area contributed by atoms with Crippen molar-refractivity contribution in [2.75, 3.05) is 26.2 Å². The van der Waals surface area contributed by atoms with E-state index in [1.54, 1.807) is 22.8 Å². The molecule has 0 saturated carbocycles. The number of carbonyl (C=O) groups is 2. The van der Waals surface area contributed by atoms with Crippen LogP contribution < -0.4 is 0 Å². The first-order valence-electron chi connectivity index (χ1n) is 11.0. The molecule has 1 fully saturated rings. The number of imidazole rings is 1. The van der Waals surface area contributed by atoms with Crippen molar-refractivity contribution in [3.05, 3.63) is 82.5 Å². The van der Waals surface area contributed by atoms with Gasteiger partial charge in [-0.25, -0.2) is 4.98 Å². The Labute approximate surface area is 207 Å². The van der Waals surface area contributed by atoms with Crippen molar-refractivity contribution in [3.63, 3.8) is 0 Å². The number of nitrogens with zero attached hydrogens (tertiary/aromatic N) is 4. The van der Waals surface area contributed by atoms with Crippen molar-refractivity contribution in [2.24, 2.45) is 0 Å². The minimum atomic E-state index is -0.0612. The van der Waals surface area contributed by atoms with Gasteiger partial charge in [-0.2, -0.15) is 0 Å². The Morgan fingerprint density at radius 1 is 0.765 bits per heavy atom. The van der Waals surface area contributed by atoms with E-state index >= 15 is 0 Å². The van der Waals surface area contributed by atoms with Gasteiger partial charge in [0.05, 0.1) is 17.0 Å². The average Bonchev–Trinajstić information content (AvgIpc) is 3.23. The summed E-state index contributed by atoms with van der Waals surface area (Å²) in [6, 6.07) is 18.8. The second kappa shape index (κ2) is 9.12. The summed E-state index contributed by atoms with van der Waals surface area (Å²) in [5.74, 6) is -0.0248. The summed E-state index contributed by atoms with van der Waals surface area (Å²) < 4.78 is 1.95. The van der Waals surface area contributed by atoms with Crippen LogP contribution in [0.25, 0.3) is 28.2 Å². The number of halogens is 2. The Hall–Kier alpha value is -3.35. The highest BCUT2D eigenvalue weighted by Gasteiger charge is 2.24. The lowest BCUT2D eigenvalue weighted by Gasteiger charge is -2.34. The number of aromatic nitrogens is 2. The second-order valence-electron chi connectivity index (χ2n) is 8.27. The second-order valence-corrected chi connectivity index (χ2v) is 9.14. The van der Waals surface area contributed by atoms with E-state index < -0.39 is 0 Å². The smallest absolute Gasteiger partial charge is 0.255 e. The maximum atomic E-state index is 13.3. The fourth-order valence-corrected chi connectivity index (χ4v) is 4.52. The van der Waals surface area contributed by atoms with Crippen LogP contribution in [-0.4, -0.2) is 57.2 Å². The molecule has 5 rings (SSSR count). The lowest BCUT2D eigenvalue weighted by Crippen LogP contribution is -2.50. The Balaban J connectivity index is 1.58. The number of hydrogen-bond acceptors (Lipinski definition) is 3. The van der Waals surface area contributed by atoms with E-state index in [4.69, 9.17) is 28.2 Å². The number of pyridine rings is 1. The van der Waals surface area contributed by atoms with Crippen LogP contribution in [0.1, 0.15) is 17.3 Å². The Morgan fingerprint density at radius 2 is 1.32 bits per heavy atom. The zero-order chi connectivity index (χ0) is 23.8. The summed E-state index contributed by atoms with van der Waals surface area (Å²) in [5, 5.41) is 1.30. The number of fused-ring (bicyclic) bond motifs is 1. The van der Waals surface area contributed by atoms with Gasteiger partial charge in [-0.15, -0.1) is 0 Å². The van der Waals surface area contributed by atoms with Crippen molar-refractivity contribution in [3.8, 4) is 22.5 Å². The molecule has 0 aliphatic carbocycles. The van der Waals surface area contributed by atoms with Gasteiger partial charge in [0.1, 0.15) is 5.65 Å². The van der Waals surface area contributed by atoms with Crippen LogP contribution in [0.3, 0.4) is 0 Å². The van der Waals surface area contributed by atoms with Crippen molar-refractivity contribution in [2.45, 2.75) is 6.92 Å². The monoisotopic (exact) mass is 492 g/mol. The summed E-state index contributed by atoms with van der Waals surface area (Å²) in [7, 11) is 0. The molecule has 2 aromatic heterocycles. The molecule has 0 bridgehead atoms. The number of hydrogen-bond donors (Lipinski definition) is 0. The van der Waals surface area contributed by atoms with E-state index in [-0.39, 0.29) is 11.8 Å². The molecule has 172 valence electrons. The van der Waals surface area contributed by atoms with Crippen LogP contribution in [-0.2, 0) is 4.79 Å². The van der Waals surface area contributed by atoms with Gasteiger partial charge in [0.15, 0.2) is 0 Å². The molecule has 0 spiro atoms. The van der Waals surface area contributed by atoms with E-state index in [0.29, 0.717) is 41.8 Å². The molecular formula is C26H22Cl2N4O2. The molecule has 3 heterocycles. The number of benzene rings is 2. The minimum Gasteiger partial charge on any atom is -0.339 e. The van der Waals surface area contributed by atoms with Crippen molar-refractivity contribution in [1.82, 2.24) is 19.2 Å². The standard InChI is InChI=1S/C26H22Cl2N4O2/c1-17(33)30-12-14-31(15-13-30)26(34)20-6-11-23-29-24(18-2-7-21(27)8-3-18)25(32(23)16-20)19-4-9-22(28)10-5-19/h2-11,16H,12-15H2,1H3. The fraction of sp³-hybridized carbons (Fsp3) is 0.192. The molecule has 34 heavy (non-hydrogen) atoms. The molecule has 0 radical (unpaired) electrons. The first-order valence-corrected chi connectivity index (χ1v) is 11.7. The lowest BCUT2D eigenvalue weighted by atomic mass is 10.0. The first kappa shape index (κ1) is 22.4. The predicted octanol–water partition coefficient (Wildman–Crippen LogP) is 5.28. The van der Waals surface area contributed by atoms with E-state index in [2.05, 4.69) is 0 Å². The molecule has 8 heteroatoms. The van der Waals surface area contributed by atoms with Crippen LogP contribution in [0.15, 0.2) is 66.9 Å². The molecule has 6 nitrogen and oxygen atoms in total. The number of rotatable bonds is 3. The van der Waals surface area contributed by atoms with Gasteiger partial charge in [-0.3, -0.25) is 14.0 Å². The van der Waals surface area contributed by atoms with E-state index in [0.717, 1.165) is 28.2 Å². The van der Waals surface area contributed by atoms with E-state index in [9.17, 15) is 9.59 Å². The summed E-state index contributed by atoms with van der Waals surface area (Å²) >= 11 is 12.2. The van der Waals surface area contributed by atoms with Crippen LogP contribution in [0.5, 0.6) is 0 Å².